The summed E-state index contributed by atoms with van der Waals surface area (Å²) in [6, 6.07) is 2.73. The number of carboxylic acid groups (broad SMARTS) is 1. The van der Waals surface area contributed by atoms with Gasteiger partial charge in [-0.25, -0.2) is 4.98 Å². The molecule has 1 aliphatic rings. The number of hydrogen-bond donors (Lipinski definition) is 0. The van der Waals surface area contributed by atoms with Crippen molar-refractivity contribution in [3.8, 4) is 5.88 Å². The van der Waals surface area contributed by atoms with Crippen LogP contribution in [0.15, 0.2) is 18.3 Å². The van der Waals surface area contributed by atoms with Gasteiger partial charge in [-0.05, 0) is 20.8 Å². The summed E-state index contributed by atoms with van der Waals surface area (Å²) in [6.45, 7) is 6.27. The van der Waals surface area contributed by atoms with E-state index in [9.17, 15) is 20.0 Å². The zero-order valence-electron chi connectivity index (χ0n) is 12.8. The van der Waals surface area contributed by atoms with Crippen molar-refractivity contribution >= 4 is 11.8 Å². The third-order valence-electron chi connectivity index (χ3n) is 4.20. The molecule has 2 heterocycles. The normalized spacial score (nSPS) is 25.0. The molecule has 0 spiro atoms. The second-order valence-electron chi connectivity index (χ2n) is 6.45. The van der Waals surface area contributed by atoms with Crippen LogP contribution >= 0.6 is 0 Å². The molecule has 0 N–H and O–H groups in total. The molecule has 120 valence electrons. The molecule has 0 aromatic carbocycles. The highest BCUT2D eigenvalue weighted by Gasteiger charge is 2.49. The number of ether oxygens (including phenoxy) is 1. The first-order valence-corrected chi connectivity index (χ1v) is 7.01. The smallest absolute Gasteiger partial charge is 0.287 e. The van der Waals surface area contributed by atoms with Crippen LogP contribution in [-0.2, 0) is 0 Å². The lowest BCUT2D eigenvalue weighted by atomic mass is 10.0. The van der Waals surface area contributed by atoms with E-state index in [1.54, 1.807) is 0 Å². The molecule has 1 saturated heterocycles. The van der Waals surface area contributed by atoms with Crippen LogP contribution in [0.5, 0.6) is 5.88 Å². The fraction of sp³-hybridized carbons (Fsp3) is 0.571. The van der Waals surface area contributed by atoms with Crippen molar-refractivity contribution in [1.29, 1.82) is 0 Å². The maximum atomic E-state index is 11.6. The van der Waals surface area contributed by atoms with Gasteiger partial charge >= 0.3 is 0 Å². The number of aromatic nitrogens is 1. The van der Waals surface area contributed by atoms with E-state index in [-0.39, 0.29) is 28.7 Å². The maximum absolute atomic E-state index is 11.6. The second kappa shape index (κ2) is 5.53. The van der Waals surface area contributed by atoms with Crippen molar-refractivity contribution in [2.24, 2.45) is 0 Å². The van der Waals surface area contributed by atoms with Gasteiger partial charge in [0, 0.05) is 18.6 Å². The number of nitrogens with zero attached hydrogens (tertiary/aromatic N) is 3. The summed E-state index contributed by atoms with van der Waals surface area (Å²) in [6.07, 6.45) is 0.250. The van der Waals surface area contributed by atoms with E-state index in [1.807, 2.05) is 20.8 Å². The van der Waals surface area contributed by atoms with Crippen LogP contribution in [0.1, 0.15) is 27.2 Å². The SMILES string of the molecule is CC(C)(C)[N+]1(C(=O)[O-])CC[C@@H](Oc2ccc([N+](=O)[O-])cn2)C1. The van der Waals surface area contributed by atoms with Gasteiger partial charge in [0.05, 0.1) is 17.0 Å². The molecule has 8 nitrogen and oxygen atoms in total. The van der Waals surface area contributed by atoms with Gasteiger partial charge in [0.2, 0.25) is 5.88 Å². The molecule has 1 fully saturated rings. The molecule has 1 aliphatic heterocycles. The highest BCUT2D eigenvalue weighted by atomic mass is 16.6. The summed E-state index contributed by atoms with van der Waals surface area (Å²) in [4.78, 5) is 25.5. The second-order valence-corrected chi connectivity index (χ2v) is 6.45. The molecular weight excluding hydrogens is 290 g/mol. The number of likely N-dealkylation sites (tertiary alicyclic amines) is 1. The van der Waals surface area contributed by atoms with Gasteiger partial charge in [0.25, 0.3) is 11.8 Å². The molecule has 8 heteroatoms. The monoisotopic (exact) mass is 309 g/mol. The third kappa shape index (κ3) is 2.87. The molecule has 1 unspecified atom stereocenters. The lowest BCUT2D eigenvalue weighted by Gasteiger charge is -2.44. The van der Waals surface area contributed by atoms with E-state index < -0.39 is 16.6 Å². The maximum Gasteiger partial charge on any atom is 0.287 e. The first kappa shape index (κ1) is 16.2. The van der Waals surface area contributed by atoms with Gasteiger partial charge in [-0.2, -0.15) is 0 Å². The predicted octanol–water partition coefficient (Wildman–Crippen LogP) is 1.10. The van der Waals surface area contributed by atoms with Crippen molar-refractivity contribution < 1.29 is 24.0 Å². The molecule has 2 atom stereocenters. The number of quaternary nitrogens is 1. The van der Waals surface area contributed by atoms with Gasteiger partial charge in [0.15, 0.2) is 6.10 Å². The van der Waals surface area contributed by atoms with Gasteiger partial charge in [-0.3, -0.25) is 14.6 Å². The first-order chi connectivity index (χ1) is 10.2. The fourth-order valence-electron chi connectivity index (χ4n) is 2.76. The standard InChI is InChI=1S/C14H19N3O5/c1-14(2,3)17(13(18)19)7-6-11(9-17)22-12-5-4-10(8-15-12)16(20)21/h4-5,8,11H,6-7,9H2,1-3H3/t11-,17?/m1/s1. The van der Waals surface area contributed by atoms with Crippen LogP contribution in [0.25, 0.3) is 0 Å². The number of amides is 1. The van der Waals surface area contributed by atoms with Crippen LogP contribution < -0.4 is 9.84 Å². The largest absolute Gasteiger partial charge is 0.498 e. The Bertz CT molecular complexity index is 581. The minimum atomic E-state index is -1.12. The Kier molecular flexibility index (Phi) is 4.06. The quantitative estimate of drug-likeness (QED) is 0.470. The number of rotatable bonds is 3. The van der Waals surface area contributed by atoms with Gasteiger partial charge in [-0.15, -0.1) is 0 Å². The predicted molar refractivity (Wildman–Crippen MR) is 75.1 cm³/mol. The molecule has 1 aromatic heterocycles. The molecule has 2 rings (SSSR count). The van der Waals surface area contributed by atoms with E-state index in [4.69, 9.17) is 4.74 Å². The number of carbonyl (C=O) groups is 1. The van der Waals surface area contributed by atoms with Crippen LogP contribution in [-0.4, -0.2) is 45.2 Å². The Balaban J connectivity index is 2.10. The topological polar surface area (TPSA) is 105 Å². The van der Waals surface area contributed by atoms with Gasteiger partial charge in [0.1, 0.15) is 12.7 Å². The molecule has 1 amide bonds. The average molecular weight is 309 g/mol. The molecule has 22 heavy (non-hydrogen) atoms. The number of carbonyl (C=O) groups excluding carboxylic acids is 1. The van der Waals surface area contributed by atoms with E-state index in [0.29, 0.717) is 13.0 Å². The summed E-state index contributed by atoms with van der Waals surface area (Å²) in [5.74, 6) is 0.253. The number of hydrogen-bond acceptors (Lipinski definition) is 6. The summed E-state index contributed by atoms with van der Waals surface area (Å²) in [7, 11) is 0. The number of pyridine rings is 1. The zero-order valence-corrected chi connectivity index (χ0v) is 12.8. The van der Waals surface area contributed by atoms with Crippen LogP contribution in [0.3, 0.4) is 0 Å². The Hall–Kier alpha value is -2.22. The van der Waals surface area contributed by atoms with E-state index >= 15 is 0 Å². The highest BCUT2D eigenvalue weighted by Crippen LogP contribution is 2.32. The van der Waals surface area contributed by atoms with Gasteiger partial charge < -0.3 is 14.6 Å². The Morgan fingerprint density at radius 1 is 1.45 bits per heavy atom. The molecular formula is C14H19N3O5. The van der Waals surface area contributed by atoms with E-state index in [0.717, 1.165) is 6.20 Å². The zero-order chi connectivity index (χ0) is 16.5. The summed E-state index contributed by atoms with van der Waals surface area (Å²) in [5, 5.41) is 22.2. The van der Waals surface area contributed by atoms with Gasteiger partial charge in [-0.1, -0.05) is 0 Å². The lowest BCUT2D eigenvalue weighted by molar-refractivity contribution is -0.909. The van der Waals surface area contributed by atoms with Crippen LogP contribution in [0.2, 0.25) is 0 Å². The molecule has 0 aliphatic carbocycles. The molecule has 0 saturated carbocycles. The Morgan fingerprint density at radius 2 is 2.14 bits per heavy atom. The van der Waals surface area contributed by atoms with Crippen molar-refractivity contribution in [3.05, 3.63) is 28.4 Å². The van der Waals surface area contributed by atoms with Crippen molar-refractivity contribution in [1.82, 2.24) is 4.98 Å². The van der Waals surface area contributed by atoms with Crippen molar-refractivity contribution in [2.45, 2.75) is 38.8 Å². The minimum absolute atomic E-state index is 0.117. The average Bonchev–Trinajstić information content (AvgIpc) is 2.84. The van der Waals surface area contributed by atoms with Crippen LogP contribution in [0, 0.1) is 10.1 Å². The fourth-order valence-corrected chi connectivity index (χ4v) is 2.76. The lowest BCUT2D eigenvalue weighted by Crippen LogP contribution is -2.66. The Morgan fingerprint density at radius 3 is 2.55 bits per heavy atom. The van der Waals surface area contributed by atoms with Crippen LogP contribution in [0.4, 0.5) is 10.5 Å². The van der Waals surface area contributed by atoms with Crippen molar-refractivity contribution in [2.75, 3.05) is 13.1 Å². The summed E-state index contributed by atoms with van der Waals surface area (Å²) < 4.78 is 5.49. The third-order valence-corrected chi connectivity index (χ3v) is 4.20. The molecule has 0 radical (unpaired) electrons. The van der Waals surface area contributed by atoms with E-state index in [2.05, 4.69) is 4.98 Å². The highest BCUT2D eigenvalue weighted by molar-refractivity contribution is 5.55. The minimum Gasteiger partial charge on any atom is -0.498 e. The summed E-state index contributed by atoms with van der Waals surface area (Å²) >= 11 is 0. The molecule has 1 aromatic rings. The first-order valence-electron chi connectivity index (χ1n) is 7.01. The Labute approximate surface area is 128 Å². The summed E-state index contributed by atoms with van der Waals surface area (Å²) in [5.41, 5.74) is -0.617. The van der Waals surface area contributed by atoms with Crippen molar-refractivity contribution in [3.63, 3.8) is 0 Å². The number of nitro groups is 1. The molecule has 0 bridgehead atoms. The van der Waals surface area contributed by atoms with E-state index in [1.165, 1.54) is 12.1 Å².